The van der Waals surface area contributed by atoms with Crippen molar-refractivity contribution in [3.05, 3.63) is 11.6 Å². The van der Waals surface area contributed by atoms with E-state index >= 15 is 0 Å². The van der Waals surface area contributed by atoms with Crippen LogP contribution in [0.5, 0.6) is 0 Å². The number of rotatable bonds is 1. The Hall–Kier alpha value is -0.830. The topological polar surface area (TPSA) is 46.5 Å². The van der Waals surface area contributed by atoms with Crippen LogP contribution in [0.15, 0.2) is 11.6 Å². The zero-order valence-corrected chi connectivity index (χ0v) is 14.5. The summed E-state index contributed by atoms with van der Waals surface area (Å²) in [5, 5.41) is 9.96. The van der Waals surface area contributed by atoms with Gasteiger partial charge in [-0.05, 0) is 75.0 Å². The molecule has 1 N–H and O–H groups in total. The van der Waals surface area contributed by atoms with Crippen LogP contribution in [0, 0.1) is 29.1 Å². The lowest BCUT2D eigenvalue weighted by Crippen LogP contribution is -2.48. The van der Waals surface area contributed by atoms with Crippen LogP contribution in [0.3, 0.4) is 0 Å². The van der Waals surface area contributed by atoms with Gasteiger partial charge in [-0.25, -0.2) is 0 Å². The van der Waals surface area contributed by atoms with Crippen molar-refractivity contribution in [2.45, 2.75) is 77.4 Å². The fraction of sp³-hybridized carbons (Fsp3) is 0.850. The minimum absolute atomic E-state index is 0.109. The van der Waals surface area contributed by atoms with Crippen molar-refractivity contribution in [2.75, 3.05) is 0 Å². The molecule has 0 aromatic heterocycles. The highest BCUT2D eigenvalue weighted by Crippen LogP contribution is 2.61. The number of fused-ring (bicyclic) bond motifs is 5. The van der Waals surface area contributed by atoms with Crippen LogP contribution in [0.25, 0.3) is 0 Å². The van der Waals surface area contributed by atoms with Crippen LogP contribution in [0.1, 0.15) is 65.2 Å². The first-order valence-corrected chi connectivity index (χ1v) is 9.53. The zero-order chi connectivity index (χ0) is 16.2. The van der Waals surface area contributed by atoms with Gasteiger partial charge in [0, 0.05) is 12.3 Å². The maximum Gasteiger partial charge on any atom is 0.302 e. The maximum absolute atomic E-state index is 11.5. The molecule has 0 aromatic carbocycles. The summed E-state index contributed by atoms with van der Waals surface area (Å²) in [6, 6.07) is 0. The normalized spacial score (nSPS) is 48.7. The van der Waals surface area contributed by atoms with E-state index in [1.165, 1.54) is 32.1 Å². The molecule has 0 saturated heterocycles. The van der Waals surface area contributed by atoms with Gasteiger partial charge >= 0.3 is 5.97 Å². The monoisotopic (exact) mass is 318 g/mol. The van der Waals surface area contributed by atoms with Gasteiger partial charge in [-0.15, -0.1) is 0 Å². The summed E-state index contributed by atoms with van der Waals surface area (Å²) < 4.78 is 5.70. The highest BCUT2D eigenvalue weighted by molar-refractivity contribution is 5.66. The molecule has 0 radical (unpaired) electrons. The fourth-order valence-electron chi connectivity index (χ4n) is 6.60. The molecule has 3 fully saturated rings. The van der Waals surface area contributed by atoms with E-state index in [0.29, 0.717) is 5.92 Å². The number of hydrogen-bond acceptors (Lipinski definition) is 3. The third-order valence-electron chi connectivity index (χ3n) is 7.64. The molecular formula is C20H30O3. The Morgan fingerprint density at radius 1 is 1.22 bits per heavy atom. The molecule has 3 heteroatoms. The van der Waals surface area contributed by atoms with Crippen LogP contribution in [-0.4, -0.2) is 23.3 Å². The lowest BCUT2D eigenvalue weighted by atomic mass is 9.53. The van der Waals surface area contributed by atoms with Gasteiger partial charge in [0.25, 0.3) is 0 Å². The highest BCUT2D eigenvalue weighted by Gasteiger charge is 2.57. The molecule has 128 valence electrons. The van der Waals surface area contributed by atoms with Crippen LogP contribution < -0.4 is 0 Å². The molecule has 0 aliphatic heterocycles. The quantitative estimate of drug-likeness (QED) is 0.590. The molecule has 0 spiro atoms. The first kappa shape index (κ1) is 15.7. The smallest absolute Gasteiger partial charge is 0.302 e. The number of allylic oxidation sites excluding steroid dienone is 1. The Balaban J connectivity index is 1.57. The van der Waals surface area contributed by atoms with Crippen molar-refractivity contribution in [1.29, 1.82) is 0 Å². The second kappa shape index (κ2) is 5.61. The average molecular weight is 318 g/mol. The number of aliphatic hydroxyl groups excluding tert-OH is 1. The van der Waals surface area contributed by atoms with E-state index in [2.05, 4.69) is 13.0 Å². The predicted octanol–water partition coefficient (Wildman–Crippen LogP) is 3.85. The molecule has 4 rings (SSSR count). The molecule has 4 aliphatic carbocycles. The molecule has 0 aromatic rings. The lowest BCUT2D eigenvalue weighted by Gasteiger charge is -2.53. The first-order chi connectivity index (χ1) is 11.0. The Bertz CT molecular complexity index is 525. The second-order valence-electron chi connectivity index (χ2n) is 8.71. The number of hydrogen-bond donors (Lipinski definition) is 1. The van der Waals surface area contributed by atoms with E-state index in [4.69, 9.17) is 4.74 Å². The van der Waals surface area contributed by atoms with Gasteiger partial charge in [0.2, 0.25) is 0 Å². The molecule has 3 nitrogen and oxygen atoms in total. The highest BCUT2D eigenvalue weighted by atomic mass is 16.5. The molecule has 3 saturated carbocycles. The summed E-state index contributed by atoms with van der Waals surface area (Å²) >= 11 is 0. The molecule has 23 heavy (non-hydrogen) atoms. The van der Waals surface area contributed by atoms with Gasteiger partial charge in [0.15, 0.2) is 0 Å². The number of aliphatic hydroxyl groups is 1. The van der Waals surface area contributed by atoms with Crippen molar-refractivity contribution < 1.29 is 14.6 Å². The lowest BCUT2D eigenvalue weighted by molar-refractivity contribution is -0.155. The standard InChI is InChI=1S/C20H30O3/c1-12(21)23-19-8-7-18-17-5-3-13-11-14(22)4-6-15(13)16(17)9-10-20(18,19)2/h3,14-19,22H,4-11H2,1-2H3. The van der Waals surface area contributed by atoms with Gasteiger partial charge in [0.05, 0.1) is 6.10 Å². The maximum atomic E-state index is 11.5. The third kappa shape index (κ3) is 2.47. The van der Waals surface area contributed by atoms with E-state index in [0.717, 1.165) is 37.0 Å². The predicted molar refractivity (Wildman–Crippen MR) is 88.6 cm³/mol. The number of carbonyl (C=O) groups is 1. The average Bonchev–Trinajstić information content (AvgIpc) is 2.83. The van der Waals surface area contributed by atoms with E-state index < -0.39 is 0 Å². The van der Waals surface area contributed by atoms with Gasteiger partial charge in [-0.1, -0.05) is 18.6 Å². The van der Waals surface area contributed by atoms with Crippen molar-refractivity contribution >= 4 is 5.97 Å². The summed E-state index contributed by atoms with van der Waals surface area (Å²) in [6.45, 7) is 3.92. The molecule has 7 atom stereocenters. The number of ether oxygens (including phenoxy) is 1. The second-order valence-corrected chi connectivity index (χ2v) is 8.71. The van der Waals surface area contributed by atoms with E-state index in [1.807, 2.05) is 0 Å². The van der Waals surface area contributed by atoms with Crippen LogP contribution in [-0.2, 0) is 9.53 Å². The van der Waals surface area contributed by atoms with Gasteiger partial charge in [-0.2, -0.15) is 0 Å². The Morgan fingerprint density at radius 3 is 2.83 bits per heavy atom. The SMILES string of the molecule is CC(=O)OC1CCC2C3CC=C4CC(O)CCC4C3CCC12C. The molecule has 0 bridgehead atoms. The molecular weight excluding hydrogens is 288 g/mol. The summed E-state index contributed by atoms with van der Waals surface area (Å²) in [5.41, 5.74) is 1.73. The van der Waals surface area contributed by atoms with E-state index in [9.17, 15) is 9.90 Å². The van der Waals surface area contributed by atoms with Gasteiger partial charge in [0.1, 0.15) is 6.10 Å². The molecule has 4 aliphatic rings. The Morgan fingerprint density at radius 2 is 2.04 bits per heavy atom. The van der Waals surface area contributed by atoms with Crippen LogP contribution in [0.4, 0.5) is 0 Å². The Labute approximate surface area is 139 Å². The first-order valence-electron chi connectivity index (χ1n) is 9.53. The molecule has 0 heterocycles. The van der Waals surface area contributed by atoms with Crippen molar-refractivity contribution in [1.82, 2.24) is 0 Å². The fourth-order valence-corrected chi connectivity index (χ4v) is 6.60. The Kier molecular flexibility index (Phi) is 3.83. The zero-order valence-electron chi connectivity index (χ0n) is 14.5. The van der Waals surface area contributed by atoms with Crippen molar-refractivity contribution in [3.8, 4) is 0 Å². The van der Waals surface area contributed by atoms with Crippen molar-refractivity contribution in [3.63, 3.8) is 0 Å². The molecule has 0 amide bonds. The summed E-state index contributed by atoms with van der Waals surface area (Å²) in [6.07, 6.45) is 11.4. The molecule has 7 unspecified atom stereocenters. The number of esters is 1. The van der Waals surface area contributed by atoms with Gasteiger partial charge in [-0.3, -0.25) is 4.79 Å². The van der Waals surface area contributed by atoms with E-state index in [-0.39, 0.29) is 23.6 Å². The minimum Gasteiger partial charge on any atom is -0.462 e. The third-order valence-corrected chi connectivity index (χ3v) is 7.64. The van der Waals surface area contributed by atoms with Crippen molar-refractivity contribution in [2.24, 2.45) is 29.1 Å². The summed E-state index contributed by atoms with van der Waals surface area (Å²) in [7, 11) is 0. The van der Waals surface area contributed by atoms with Gasteiger partial charge < -0.3 is 9.84 Å². The van der Waals surface area contributed by atoms with Crippen LogP contribution >= 0.6 is 0 Å². The number of carbonyl (C=O) groups excluding carboxylic acids is 1. The largest absolute Gasteiger partial charge is 0.462 e. The summed E-state index contributed by atoms with van der Waals surface area (Å²) in [5.74, 6) is 2.87. The van der Waals surface area contributed by atoms with Crippen LogP contribution in [0.2, 0.25) is 0 Å². The summed E-state index contributed by atoms with van der Waals surface area (Å²) in [4.78, 5) is 11.5. The van der Waals surface area contributed by atoms with E-state index in [1.54, 1.807) is 12.5 Å². The minimum atomic E-state index is -0.119.